The molecule has 0 N–H and O–H groups in total. The Hall–Kier alpha value is -3.28. The number of amides is 1. The minimum Gasteiger partial charge on any atom is -0.493 e. The monoisotopic (exact) mass is 393 g/mol. The van der Waals surface area contributed by atoms with Crippen LogP contribution in [0.3, 0.4) is 0 Å². The maximum absolute atomic E-state index is 13.0. The van der Waals surface area contributed by atoms with Crippen LogP contribution < -0.4 is 9.47 Å². The first kappa shape index (κ1) is 19.1. The van der Waals surface area contributed by atoms with Crippen molar-refractivity contribution in [3.63, 3.8) is 0 Å². The molecular formula is C23H23NO5. The fraction of sp³-hybridized carbons (Fsp3) is 0.304. The van der Waals surface area contributed by atoms with E-state index in [-0.39, 0.29) is 18.1 Å². The molecule has 0 spiro atoms. The predicted octanol–water partition coefficient (Wildman–Crippen LogP) is 2.99. The van der Waals surface area contributed by atoms with Crippen LogP contribution in [0, 0.1) is 0 Å². The molecule has 150 valence electrons. The molecule has 0 saturated carbocycles. The maximum atomic E-state index is 13.0. The van der Waals surface area contributed by atoms with Gasteiger partial charge in [0.2, 0.25) is 0 Å². The zero-order chi connectivity index (χ0) is 20.6. The molecule has 6 nitrogen and oxygen atoms in total. The van der Waals surface area contributed by atoms with Gasteiger partial charge in [0.1, 0.15) is 12.2 Å². The smallest absolute Gasteiger partial charge is 0.343 e. The summed E-state index contributed by atoms with van der Waals surface area (Å²) >= 11 is 0. The molecule has 0 fully saturated rings. The van der Waals surface area contributed by atoms with E-state index in [9.17, 15) is 9.59 Å². The van der Waals surface area contributed by atoms with Gasteiger partial charge < -0.3 is 19.1 Å². The van der Waals surface area contributed by atoms with E-state index >= 15 is 0 Å². The highest BCUT2D eigenvalue weighted by atomic mass is 16.5. The zero-order valence-electron chi connectivity index (χ0n) is 16.7. The average Bonchev–Trinajstić information content (AvgIpc) is 3.03. The van der Waals surface area contributed by atoms with E-state index in [1.807, 2.05) is 49.4 Å². The van der Waals surface area contributed by atoms with E-state index in [1.54, 1.807) is 25.2 Å². The SMILES string of the molecule is COc1cc2c(cc1OC)C1(C)C=C(C(=O)OCc3ccccc3)C(=O)N1CC2. The van der Waals surface area contributed by atoms with Crippen molar-refractivity contribution in [3.8, 4) is 11.5 Å². The minimum absolute atomic E-state index is 0.0751. The van der Waals surface area contributed by atoms with Gasteiger partial charge in [-0.25, -0.2) is 4.79 Å². The third kappa shape index (κ3) is 3.14. The van der Waals surface area contributed by atoms with Crippen LogP contribution in [-0.2, 0) is 32.9 Å². The topological polar surface area (TPSA) is 65.1 Å². The van der Waals surface area contributed by atoms with Crippen molar-refractivity contribution in [1.29, 1.82) is 0 Å². The molecule has 2 aromatic rings. The van der Waals surface area contributed by atoms with E-state index in [4.69, 9.17) is 14.2 Å². The fourth-order valence-electron chi connectivity index (χ4n) is 4.11. The van der Waals surface area contributed by atoms with Crippen LogP contribution in [0.15, 0.2) is 54.1 Å². The van der Waals surface area contributed by atoms with Crippen molar-refractivity contribution < 1.29 is 23.8 Å². The van der Waals surface area contributed by atoms with Gasteiger partial charge in [-0.1, -0.05) is 30.3 Å². The quantitative estimate of drug-likeness (QED) is 0.577. The summed E-state index contributed by atoms with van der Waals surface area (Å²) in [5.74, 6) is 0.344. The fourth-order valence-corrected chi connectivity index (χ4v) is 4.11. The van der Waals surface area contributed by atoms with E-state index in [0.29, 0.717) is 24.5 Å². The van der Waals surface area contributed by atoms with Crippen molar-refractivity contribution >= 4 is 11.9 Å². The van der Waals surface area contributed by atoms with Gasteiger partial charge in [0.25, 0.3) is 5.91 Å². The lowest BCUT2D eigenvalue weighted by Gasteiger charge is -2.41. The second-order valence-corrected chi connectivity index (χ2v) is 7.34. The van der Waals surface area contributed by atoms with Crippen LogP contribution in [0.2, 0.25) is 0 Å². The molecule has 2 aromatic carbocycles. The first-order valence-electron chi connectivity index (χ1n) is 9.49. The first-order chi connectivity index (χ1) is 14.0. The highest BCUT2D eigenvalue weighted by molar-refractivity contribution is 6.18. The van der Waals surface area contributed by atoms with E-state index in [1.165, 1.54) is 0 Å². The molecule has 0 saturated heterocycles. The Labute approximate surface area is 169 Å². The van der Waals surface area contributed by atoms with Gasteiger partial charge in [-0.3, -0.25) is 4.79 Å². The lowest BCUT2D eigenvalue weighted by atomic mass is 9.83. The molecule has 2 aliphatic heterocycles. The van der Waals surface area contributed by atoms with E-state index < -0.39 is 11.5 Å². The number of rotatable bonds is 5. The van der Waals surface area contributed by atoms with Gasteiger partial charge in [-0.15, -0.1) is 0 Å². The van der Waals surface area contributed by atoms with E-state index in [0.717, 1.165) is 16.7 Å². The van der Waals surface area contributed by atoms with Crippen LogP contribution >= 0.6 is 0 Å². The highest BCUT2D eigenvalue weighted by Gasteiger charge is 2.48. The van der Waals surface area contributed by atoms with Crippen LogP contribution in [0.5, 0.6) is 11.5 Å². The Balaban J connectivity index is 1.65. The van der Waals surface area contributed by atoms with Gasteiger partial charge in [0.05, 0.1) is 19.8 Å². The Bertz CT molecular complexity index is 998. The van der Waals surface area contributed by atoms with Gasteiger partial charge in [0, 0.05) is 6.54 Å². The first-order valence-corrected chi connectivity index (χ1v) is 9.49. The number of benzene rings is 2. The number of carbonyl (C=O) groups excluding carboxylic acids is 2. The molecule has 6 heteroatoms. The molecule has 1 unspecified atom stereocenters. The highest BCUT2D eigenvalue weighted by Crippen LogP contribution is 2.45. The van der Waals surface area contributed by atoms with Gasteiger partial charge >= 0.3 is 5.97 Å². The number of esters is 1. The third-order valence-electron chi connectivity index (χ3n) is 5.65. The summed E-state index contributed by atoms with van der Waals surface area (Å²) in [6, 6.07) is 13.2. The number of fused-ring (bicyclic) bond motifs is 3. The van der Waals surface area contributed by atoms with E-state index in [2.05, 4.69) is 0 Å². The Morgan fingerprint density at radius 1 is 1.10 bits per heavy atom. The molecule has 2 aliphatic rings. The molecule has 0 radical (unpaired) electrons. The number of hydrogen-bond donors (Lipinski definition) is 0. The molecule has 1 atom stereocenters. The molecule has 0 aromatic heterocycles. The normalized spacial score (nSPS) is 19.9. The Morgan fingerprint density at radius 2 is 1.79 bits per heavy atom. The summed E-state index contributed by atoms with van der Waals surface area (Å²) in [4.78, 5) is 27.4. The summed E-state index contributed by atoms with van der Waals surface area (Å²) < 4.78 is 16.3. The van der Waals surface area contributed by atoms with Crippen molar-refractivity contribution in [2.24, 2.45) is 0 Å². The second-order valence-electron chi connectivity index (χ2n) is 7.34. The van der Waals surface area contributed by atoms with Gasteiger partial charge in [-0.2, -0.15) is 0 Å². The number of nitrogens with zero attached hydrogens (tertiary/aromatic N) is 1. The second kappa shape index (κ2) is 7.28. The predicted molar refractivity (Wildman–Crippen MR) is 107 cm³/mol. The molecule has 0 aliphatic carbocycles. The third-order valence-corrected chi connectivity index (χ3v) is 5.65. The largest absolute Gasteiger partial charge is 0.493 e. The van der Waals surface area contributed by atoms with Crippen molar-refractivity contribution in [1.82, 2.24) is 4.90 Å². The standard InChI is InChI=1S/C23H23NO5/c1-23-13-17(22(26)29-14-15-7-5-4-6-8-15)21(25)24(23)10-9-16-11-19(27-2)20(28-3)12-18(16)23/h4-8,11-13H,9-10,14H2,1-3H3. The maximum Gasteiger partial charge on any atom is 0.343 e. The van der Waals surface area contributed by atoms with Crippen molar-refractivity contribution in [2.45, 2.75) is 25.5 Å². The molecule has 0 bridgehead atoms. The number of carbonyl (C=O) groups is 2. The summed E-state index contributed by atoms with van der Waals surface area (Å²) in [5.41, 5.74) is 2.22. The molecule has 4 rings (SSSR count). The summed E-state index contributed by atoms with van der Waals surface area (Å²) in [6.45, 7) is 2.58. The van der Waals surface area contributed by atoms with Crippen molar-refractivity contribution in [2.75, 3.05) is 20.8 Å². The van der Waals surface area contributed by atoms with Crippen LogP contribution in [0.1, 0.15) is 23.6 Å². The molecule has 29 heavy (non-hydrogen) atoms. The summed E-state index contributed by atoms with van der Waals surface area (Å²) in [5, 5.41) is 0. The summed E-state index contributed by atoms with van der Waals surface area (Å²) in [7, 11) is 3.18. The van der Waals surface area contributed by atoms with Crippen LogP contribution in [0.4, 0.5) is 0 Å². The van der Waals surface area contributed by atoms with Gasteiger partial charge in [-0.05, 0) is 48.2 Å². The minimum atomic E-state index is -0.731. The average molecular weight is 393 g/mol. The Morgan fingerprint density at radius 3 is 2.48 bits per heavy atom. The lowest BCUT2D eigenvalue weighted by molar-refractivity contribution is -0.143. The van der Waals surface area contributed by atoms with Crippen LogP contribution in [0.25, 0.3) is 0 Å². The molecule has 2 heterocycles. The number of ether oxygens (including phenoxy) is 3. The van der Waals surface area contributed by atoms with Crippen molar-refractivity contribution in [3.05, 3.63) is 70.8 Å². The molecular weight excluding hydrogens is 370 g/mol. The van der Waals surface area contributed by atoms with Gasteiger partial charge in [0.15, 0.2) is 11.5 Å². The lowest BCUT2D eigenvalue weighted by Crippen LogP contribution is -2.47. The number of methoxy groups -OCH3 is 2. The Kier molecular flexibility index (Phi) is 4.78. The molecule has 1 amide bonds. The van der Waals surface area contributed by atoms with Crippen LogP contribution in [-0.4, -0.2) is 37.5 Å². The summed E-state index contributed by atoms with van der Waals surface area (Å²) in [6.07, 6.45) is 2.39. The number of hydrogen-bond acceptors (Lipinski definition) is 5. The zero-order valence-corrected chi connectivity index (χ0v) is 16.7.